The van der Waals surface area contributed by atoms with Gasteiger partial charge in [0.15, 0.2) is 0 Å². The van der Waals surface area contributed by atoms with Crippen molar-refractivity contribution in [1.82, 2.24) is 0 Å². The molecule has 0 amide bonds. The molecule has 0 N–H and O–H groups in total. The first-order valence-electron chi connectivity index (χ1n) is 11.1. The highest BCUT2D eigenvalue weighted by Gasteiger charge is 2.49. The van der Waals surface area contributed by atoms with Crippen LogP contribution in [0.2, 0.25) is 5.04 Å². The summed E-state index contributed by atoms with van der Waals surface area (Å²) < 4.78 is 11.4. The highest BCUT2D eigenvalue weighted by atomic mass is 28.4. The Balaban J connectivity index is 2.02. The molecule has 0 radical (unpaired) electrons. The summed E-state index contributed by atoms with van der Waals surface area (Å²) in [5.74, 6) is 12.2. The number of esters is 1. The molecule has 0 saturated carbocycles. The van der Waals surface area contributed by atoms with Crippen LogP contribution in [0.15, 0.2) is 60.7 Å². The van der Waals surface area contributed by atoms with Crippen molar-refractivity contribution >= 4 is 24.7 Å². The first-order chi connectivity index (χ1) is 15.4. The third-order valence-corrected chi connectivity index (χ3v) is 10.3. The Bertz CT molecular complexity index is 915. The van der Waals surface area contributed by atoms with Crippen molar-refractivity contribution < 1.29 is 14.0 Å². The lowest BCUT2D eigenvalue weighted by Gasteiger charge is -2.43. The molecule has 2 aromatic rings. The lowest BCUT2D eigenvalue weighted by Crippen LogP contribution is -2.66. The number of methoxy groups -OCH3 is 1. The van der Waals surface area contributed by atoms with Crippen molar-refractivity contribution in [2.45, 2.75) is 57.9 Å². The normalized spacial score (nSPS) is 11.0. The van der Waals surface area contributed by atoms with Crippen LogP contribution in [0.1, 0.15) is 52.9 Å². The van der Waals surface area contributed by atoms with E-state index in [2.05, 4.69) is 110 Å². The second-order valence-corrected chi connectivity index (χ2v) is 12.9. The molecule has 32 heavy (non-hydrogen) atoms. The van der Waals surface area contributed by atoms with E-state index < -0.39 is 8.32 Å². The molecule has 0 bridgehead atoms. The smallest absolute Gasteiger partial charge is 0.305 e. The van der Waals surface area contributed by atoms with Gasteiger partial charge in [-0.25, -0.2) is 0 Å². The van der Waals surface area contributed by atoms with E-state index in [4.69, 9.17) is 4.43 Å². The first-order valence-corrected chi connectivity index (χ1v) is 13.1. The van der Waals surface area contributed by atoms with Gasteiger partial charge < -0.3 is 9.16 Å². The average Bonchev–Trinajstić information content (AvgIpc) is 2.80. The quantitative estimate of drug-likeness (QED) is 0.255. The molecule has 2 rings (SSSR count). The molecule has 0 fully saturated rings. The van der Waals surface area contributed by atoms with E-state index in [1.807, 2.05) is 0 Å². The van der Waals surface area contributed by atoms with Crippen LogP contribution in [0.3, 0.4) is 0 Å². The fraction of sp³-hybridized carbons (Fsp3) is 0.393. The van der Waals surface area contributed by atoms with Crippen molar-refractivity contribution in [3.05, 3.63) is 60.7 Å². The summed E-state index contributed by atoms with van der Waals surface area (Å²) in [6, 6.07) is 21.3. The van der Waals surface area contributed by atoms with Crippen molar-refractivity contribution in [3.8, 4) is 23.7 Å². The van der Waals surface area contributed by atoms with Crippen LogP contribution in [-0.2, 0) is 14.0 Å². The zero-order chi connectivity index (χ0) is 23.3. The van der Waals surface area contributed by atoms with Crippen molar-refractivity contribution in [2.24, 2.45) is 0 Å². The summed E-state index contributed by atoms with van der Waals surface area (Å²) >= 11 is 0. The third-order valence-electron chi connectivity index (χ3n) is 5.30. The van der Waals surface area contributed by atoms with Crippen LogP contribution < -0.4 is 10.4 Å². The number of rotatable bonds is 8. The second-order valence-electron chi connectivity index (χ2n) is 8.58. The topological polar surface area (TPSA) is 35.5 Å². The molecule has 4 heteroatoms. The number of benzene rings is 2. The molecule has 168 valence electrons. The van der Waals surface area contributed by atoms with Crippen LogP contribution in [0.5, 0.6) is 0 Å². The number of hydrogen-bond acceptors (Lipinski definition) is 3. The van der Waals surface area contributed by atoms with E-state index in [-0.39, 0.29) is 11.0 Å². The molecule has 0 aliphatic heterocycles. The molecule has 3 nitrogen and oxygen atoms in total. The number of hydrogen-bond donors (Lipinski definition) is 0. The van der Waals surface area contributed by atoms with E-state index in [1.54, 1.807) is 0 Å². The van der Waals surface area contributed by atoms with Gasteiger partial charge in [-0.1, -0.05) is 99.2 Å². The zero-order valence-electron chi connectivity index (χ0n) is 19.7. The standard InChI is InChI=1S/C28H34O3Si/c1-28(2,3)32(25-19-13-11-14-20-25,26-21-15-12-16-22-26)31-24-18-10-8-6-5-7-9-17-23-27(29)30-4/h11-16,19-22H,6,9,17-18,23-24H2,1-4H3. The maximum absolute atomic E-state index is 11.1. The zero-order valence-corrected chi connectivity index (χ0v) is 20.7. The minimum atomic E-state index is -2.49. The van der Waals surface area contributed by atoms with E-state index in [0.717, 1.165) is 6.42 Å². The summed E-state index contributed by atoms with van der Waals surface area (Å²) in [4.78, 5) is 11.1. The van der Waals surface area contributed by atoms with Gasteiger partial charge in [-0.05, 0) is 21.8 Å². The van der Waals surface area contributed by atoms with Gasteiger partial charge in [0.25, 0.3) is 8.32 Å². The minimum absolute atomic E-state index is 0.0290. The fourth-order valence-corrected chi connectivity index (χ4v) is 8.35. The van der Waals surface area contributed by atoms with Crippen LogP contribution in [0, 0.1) is 23.7 Å². The highest BCUT2D eigenvalue weighted by molar-refractivity contribution is 6.99. The van der Waals surface area contributed by atoms with Crippen LogP contribution in [0.4, 0.5) is 0 Å². The number of carbonyl (C=O) groups excluding carboxylic acids is 1. The lowest BCUT2D eigenvalue weighted by atomic mass is 10.2. The van der Waals surface area contributed by atoms with E-state index in [9.17, 15) is 4.79 Å². The first kappa shape index (κ1) is 25.5. The Labute approximate surface area is 194 Å². The summed E-state index contributed by atoms with van der Waals surface area (Å²) in [5.41, 5.74) is 0. The van der Waals surface area contributed by atoms with E-state index in [0.29, 0.717) is 32.3 Å². The Morgan fingerprint density at radius 1 is 0.844 bits per heavy atom. The van der Waals surface area contributed by atoms with E-state index >= 15 is 0 Å². The Kier molecular flexibility index (Phi) is 10.3. The summed E-state index contributed by atoms with van der Waals surface area (Å²) in [6.07, 6.45) is 3.04. The summed E-state index contributed by atoms with van der Waals surface area (Å²) in [6.45, 7) is 7.43. The van der Waals surface area contributed by atoms with Crippen LogP contribution >= 0.6 is 0 Å². The van der Waals surface area contributed by atoms with Gasteiger partial charge in [0.05, 0.1) is 13.5 Å². The Morgan fingerprint density at radius 3 is 1.88 bits per heavy atom. The molecule has 0 spiro atoms. The monoisotopic (exact) mass is 446 g/mol. The van der Waals surface area contributed by atoms with Crippen LogP contribution in [-0.4, -0.2) is 28.0 Å². The SMILES string of the molecule is COC(=O)CCCC#CCC#CCCO[Si](c1ccccc1)(c1ccccc1)C(C)(C)C. The van der Waals surface area contributed by atoms with Gasteiger partial charge in [-0.15, -0.1) is 5.92 Å². The summed E-state index contributed by atoms with van der Waals surface area (Å²) in [5, 5.41) is 2.53. The molecule has 0 unspecified atom stereocenters. The predicted molar refractivity (Wildman–Crippen MR) is 134 cm³/mol. The molecular formula is C28H34O3Si. The maximum atomic E-state index is 11.1. The maximum Gasteiger partial charge on any atom is 0.305 e. The average molecular weight is 447 g/mol. The van der Waals surface area contributed by atoms with Gasteiger partial charge in [0, 0.05) is 25.9 Å². The largest absolute Gasteiger partial charge is 0.469 e. The van der Waals surface area contributed by atoms with Gasteiger partial charge in [-0.2, -0.15) is 0 Å². The molecule has 2 aromatic carbocycles. The Morgan fingerprint density at radius 2 is 1.38 bits per heavy atom. The summed E-state index contributed by atoms with van der Waals surface area (Å²) in [7, 11) is -1.08. The van der Waals surface area contributed by atoms with E-state index in [1.165, 1.54) is 17.5 Å². The fourth-order valence-electron chi connectivity index (χ4n) is 3.79. The molecule has 0 heterocycles. The lowest BCUT2D eigenvalue weighted by molar-refractivity contribution is -0.140. The number of carbonyl (C=O) groups is 1. The third kappa shape index (κ3) is 7.13. The van der Waals surface area contributed by atoms with Crippen molar-refractivity contribution in [3.63, 3.8) is 0 Å². The predicted octanol–water partition coefficient (Wildman–Crippen LogP) is 4.69. The minimum Gasteiger partial charge on any atom is -0.469 e. The van der Waals surface area contributed by atoms with Crippen LogP contribution in [0.25, 0.3) is 0 Å². The molecule has 0 aromatic heterocycles. The molecular weight excluding hydrogens is 412 g/mol. The highest BCUT2D eigenvalue weighted by Crippen LogP contribution is 2.36. The second kappa shape index (κ2) is 12.9. The molecule has 0 aliphatic rings. The number of unbranched alkanes of at least 4 members (excludes halogenated alkanes) is 1. The molecule has 0 saturated heterocycles. The Hall–Kier alpha value is -2.79. The van der Waals surface area contributed by atoms with Gasteiger partial charge >= 0.3 is 5.97 Å². The van der Waals surface area contributed by atoms with Gasteiger partial charge in [0.1, 0.15) is 0 Å². The number of ether oxygens (including phenoxy) is 1. The molecule has 0 atom stereocenters. The molecule has 0 aliphatic carbocycles. The van der Waals surface area contributed by atoms with Crippen molar-refractivity contribution in [1.29, 1.82) is 0 Å². The van der Waals surface area contributed by atoms with Gasteiger partial charge in [0.2, 0.25) is 0 Å². The van der Waals surface area contributed by atoms with Crippen molar-refractivity contribution in [2.75, 3.05) is 13.7 Å². The van der Waals surface area contributed by atoms with Gasteiger partial charge in [-0.3, -0.25) is 4.79 Å².